The number of carbonyl (C=O) groups is 1. The molecule has 1 heterocycles. The lowest BCUT2D eigenvalue weighted by Gasteiger charge is -2.33. The van der Waals surface area contributed by atoms with Crippen LogP contribution in [0.1, 0.15) is 38.1 Å². The Hall–Kier alpha value is -2.56. The van der Waals surface area contributed by atoms with Gasteiger partial charge in [-0.2, -0.15) is 10.3 Å². The highest BCUT2D eigenvalue weighted by Gasteiger charge is 2.49. The van der Waals surface area contributed by atoms with Gasteiger partial charge in [-0.3, -0.25) is 4.99 Å². The van der Waals surface area contributed by atoms with E-state index in [9.17, 15) is 15.3 Å². The lowest BCUT2D eigenvalue weighted by atomic mass is 9.95. The predicted molar refractivity (Wildman–Crippen MR) is 84.1 cm³/mol. The van der Waals surface area contributed by atoms with Gasteiger partial charge < -0.3 is 10.0 Å². The first-order valence-electron chi connectivity index (χ1n) is 7.04. The molecule has 0 saturated carbocycles. The molecule has 0 atom stereocenters. The third-order valence-corrected chi connectivity index (χ3v) is 3.57. The Labute approximate surface area is 134 Å². The molecule has 0 fully saturated rings. The number of hydrogen-bond acceptors (Lipinski definition) is 7. The van der Waals surface area contributed by atoms with E-state index in [4.69, 9.17) is 4.84 Å². The maximum absolute atomic E-state index is 11.9. The minimum atomic E-state index is -0.933. The summed E-state index contributed by atoms with van der Waals surface area (Å²) in [5.74, 6) is -0.671. The molecule has 1 aromatic rings. The number of aliphatic imine (C=N–C) groups is 1. The molecule has 1 aromatic carbocycles. The van der Waals surface area contributed by atoms with Crippen molar-refractivity contribution in [3.05, 3.63) is 35.9 Å². The van der Waals surface area contributed by atoms with Gasteiger partial charge in [0.25, 0.3) is 0 Å². The fraction of sp³-hybridized carbons (Fsp3) is 0.375. The van der Waals surface area contributed by atoms with Crippen LogP contribution in [0.15, 0.2) is 40.5 Å². The van der Waals surface area contributed by atoms with Crippen LogP contribution in [0.25, 0.3) is 0 Å². The molecule has 2 rings (SSSR count). The number of rotatable bonds is 3. The second-order valence-corrected chi connectivity index (χ2v) is 6.12. The van der Waals surface area contributed by atoms with Gasteiger partial charge in [0.15, 0.2) is 0 Å². The van der Waals surface area contributed by atoms with Gasteiger partial charge >= 0.3 is 5.97 Å². The van der Waals surface area contributed by atoms with Crippen LogP contribution in [-0.4, -0.2) is 38.9 Å². The number of hydroxylamine groups is 2. The Kier molecular flexibility index (Phi) is 4.32. The molecule has 1 aliphatic heterocycles. The third-order valence-electron chi connectivity index (χ3n) is 3.57. The molecule has 1 aliphatic rings. The lowest BCUT2D eigenvalue weighted by molar-refractivity contribution is -0.187. The number of benzene rings is 1. The van der Waals surface area contributed by atoms with Crippen molar-refractivity contribution in [2.24, 2.45) is 10.1 Å². The van der Waals surface area contributed by atoms with Crippen LogP contribution in [0, 0.1) is 11.3 Å². The number of hydrogen-bond donors (Lipinski definition) is 1. The predicted octanol–water partition coefficient (Wildman–Crippen LogP) is 2.38. The zero-order chi connectivity index (χ0) is 17.3. The third kappa shape index (κ3) is 3.13. The van der Waals surface area contributed by atoms with Crippen molar-refractivity contribution in [1.29, 1.82) is 5.26 Å². The smallest absolute Gasteiger partial charge is 0.311 e. The molecule has 0 saturated heterocycles. The van der Waals surface area contributed by atoms with Gasteiger partial charge in [0.1, 0.15) is 11.7 Å². The van der Waals surface area contributed by atoms with Gasteiger partial charge in [-0.25, -0.2) is 4.79 Å². The Balaban J connectivity index is 2.27. The SMILES string of the molecule is CC1(C)N=C(C(C#N)=NOC(=O)c2ccccc2)C(C)(C)N1O. The molecule has 1 N–H and O–H groups in total. The quantitative estimate of drug-likeness (QED) is 0.524. The van der Waals surface area contributed by atoms with E-state index >= 15 is 0 Å². The first-order valence-corrected chi connectivity index (χ1v) is 7.04. The average molecular weight is 314 g/mol. The molecular formula is C16H18N4O3. The molecule has 0 radical (unpaired) electrons. The minimum Gasteiger partial charge on any atom is -0.311 e. The summed E-state index contributed by atoms with van der Waals surface area (Å²) in [4.78, 5) is 21.1. The molecule has 0 spiro atoms. The summed E-state index contributed by atoms with van der Waals surface area (Å²) in [7, 11) is 0. The highest BCUT2D eigenvalue weighted by atomic mass is 16.7. The summed E-state index contributed by atoms with van der Waals surface area (Å²) in [6, 6.07) is 10.2. The van der Waals surface area contributed by atoms with Crippen molar-refractivity contribution in [2.45, 2.75) is 38.9 Å². The van der Waals surface area contributed by atoms with Crippen molar-refractivity contribution >= 4 is 17.4 Å². The summed E-state index contributed by atoms with van der Waals surface area (Å²) in [5, 5.41) is 24.2. The first kappa shape index (κ1) is 16.8. The molecule has 0 bridgehead atoms. The van der Waals surface area contributed by atoms with Crippen LogP contribution in [0.3, 0.4) is 0 Å². The van der Waals surface area contributed by atoms with Crippen molar-refractivity contribution in [3.8, 4) is 6.07 Å². The zero-order valence-corrected chi connectivity index (χ0v) is 13.4. The summed E-state index contributed by atoms with van der Waals surface area (Å²) < 4.78 is 0. The summed E-state index contributed by atoms with van der Waals surface area (Å²) in [5.41, 5.74) is -1.40. The van der Waals surface area contributed by atoms with Gasteiger partial charge in [0.2, 0.25) is 5.71 Å². The van der Waals surface area contributed by atoms with Crippen LogP contribution in [0.4, 0.5) is 0 Å². The van der Waals surface area contributed by atoms with Crippen LogP contribution < -0.4 is 0 Å². The molecule has 0 unspecified atom stereocenters. The van der Waals surface area contributed by atoms with Crippen molar-refractivity contribution < 1.29 is 14.8 Å². The van der Waals surface area contributed by atoms with E-state index in [1.54, 1.807) is 58.0 Å². The average Bonchev–Trinajstić information content (AvgIpc) is 2.69. The number of oxime groups is 1. The fourth-order valence-electron chi connectivity index (χ4n) is 2.42. The molecule has 0 aliphatic carbocycles. The van der Waals surface area contributed by atoms with E-state index in [1.807, 2.05) is 6.07 Å². The second-order valence-electron chi connectivity index (χ2n) is 6.12. The minimum absolute atomic E-state index is 0.149. The van der Waals surface area contributed by atoms with Gasteiger partial charge in [-0.1, -0.05) is 23.4 Å². The topological polar surface area (TPSA) is 98.3 Å². The van der Waals surface area contributed by atoms with Crippen molar-refractivity contribution in [1.82, 2.24) is 5.06 Å². The Morgan fingerprint density at radius 2 is 1.91 bits per heavy atom. The maximum atomic E-state index is 11.9. The Morgan fingerprint density at radius 3 is 2.39 bits per heavy atom. The van der Waals surface area contributed by atoms with Gasteiger partial charge in [-0.15, -0.1) is 0 Å². The standard InChI is InChI=1S/C16H18N4O3/c1-15(2)13(18-16(3,4)20(15)22)12(10-17)19-23-14(21)11-8-6-5-7-9-11/h5-9,22H,1-4H3. The molecule has 7 heteroatoms. The highest BCUT2D eigenvalue weighted by molar-refractivity contribution is 6.51. The Bertz CT molecular complexity index is 715. The summed E-state index contributed by atoms with van der Waals surface area (Å²) in [6.07, 6.45) is 0. The number of nitriles is 1. The first-order chi connectivity index (χ1) is 10.7. The molecule has 0 aromatic heterocycles. The molecule has 23 heavy (non-hydrogen) atoms. The van der Waals surface area contributed by atoms with Gasteiger partial charge in [0, 0.05) is 0 Å². The zero-order valence-electron chi connectivity index (χ0n) is 13.4. The number of carbonyl (C=O) groups excluding carboxylic acids is 1. The van der Waals surface area contributed by atoms with E-state index in [-0.39, 0.29) is 11.4 Å². The normalized spacial score (nSPS) is 19.8. The molecule has 7 nitrogen and oxygen atoms in total. The van der Waals surface area contributed by atoms with Crippen molar-refractivity contribution in [3.63, 3.8) is 0 Å². The van der Waals surface area contributed by atoms with Crippen LogP contribution >= 0.6 is 0 Å². The van der Waals surface area contributed by atoms with Crippen molar-refractivity contribution in [2.75, 3.05) is 0 Å². The monoisotopic (exact) mass is 314 g/mol. The largest absolute Gasteiger partial charge is 0.365 e. The van der Waals surface area contributed by atoms with E-state index in [0.29, 0.717) is 5.56 Å². The number of nitrogens with zero attached hydrogens (tertiary/aromatic N) is 4. The highest BCUT2D eigenvalue weighted by Crippen LogP contribution is 2.33. The van der Waals surface area contributed by atoms with Gasteiger partial charge in [-0.05, 0) is 39.8 Å². The van der Waals surface area contributed by atoms with E-state index < -0.39 is 17.2 Å². The summed E-state index contributed by atoms with van der Waals surface area (Å²) >= 11 is 0. The molecular weight excluding hydrogens is 296 g/mol. The fourth-order valence-corrected chi connectivity index (χ4v) is 2.42. The Morgan fingerprint density at radius 1 is 1.30 bits per heavy atom. The maximum Gasteiger partial charge on any atom is 0.365 e. The van der Waals surface area contributed by atoms with Gasteiger partial charge in [0.05, 0.1) is 16.8 Å². The van der Waals surface area contributed by atoms with Crippen LogP contribution in [-0.2, 0) is 4.84 Å². The van der Waals surface area contributed by atoms with E-state index in [2.05, 4.69) is 10.1 Å². The molecule has 0 amide bonds. The summed E-state index contributed by atoms with van der Waals surface area (Å²) in [6.45, 7) is 6.80. The van der Waals surface area contributed by atoms with E-state index in [0.717, 1.165) is 5.06 Å². The molecule has 120 valence electrons. The van der Waals surface area contributed by atoms with Crippen LogP contribution in [0.2, 0.25) is 0 Å². The van der Waals surface area contributed by atoms with Crippen LogP contribution in [0.5, 0.6) is 0 Å². The lowest BCUT2D eigenvalue weighted by Crippen LogP contribution is -2.51. The van der Waals surface area contributed by atoms with E-state index in [1.165, 1.54) is 0 Å². The second kappa shape index (κ2) is 5.91.